The van der Waals surface area contributed by atoms with Crippen molar-refractivity contribution in [1.29, 1.82) is 0 Å². The lowest BCUT2D eigenvalue weighted by Crippen LogP contribution is -2.25. The maximum Gasteiger partial charge on any atom is 0.223 e. The van der Waals surface area contributed by atoms with Gasteiger partial charge in [-0.1, -0.05) is 12.1 Å². The Kier molecular flexibility index (Phi) is 2.96. The van der Waals surface area contributed by atoms with E-state index in [-0.39, 0.29) is 11.8 Å². The minimum absolute atomic E-state index is 0.168. The van der Waals surface area contributed by atoms with Crippen LogP contribution in [0.4, 0.5) is 0 Å². The van der Waals surface area contributed by atoms with E-state index in [4.69, 9.17) is 11.6 Å². The summed E-state index contributed by atoms with van der Waals surface area (Å²) in [7, 11) is 0. The topological polar surface area (TPSA) is 49.0 Å². The fourth-order valence-corrected chi connectivity index (χ4v) is 2.58. The van der Waals surface area contributed by atoms with Gasteiger partial charge in [-0.05, 0) is 18.1 Å². The van der Waals surface area contributed by atoms with Crippen LogP contribution in [0.5, 0.6) is 0 Å². The monoisotopic (exact) mass is 263 g/mol. The molecular formula is C13H14ClN3O. The number of para-hydroxylation sites is 2. The largest absolute Gasteiger partial charge is 0.340 e. The van der Waals surface area contributed by atoms with E-state index in [1.54, 1.807) is 0 Å². The van der Waals surface area contributed by atoms with Crippen LogP contribution in [0.25, 0.3) is 11.0 Å². The second kappa shape index (κ2) is 4.61. The zero-order valence-electron chi connectivity index (χ0n) is 9.90. The normalized spacial score (nSPS) is 19.9. The van der Waals surface area contributed by atoms with Crippen molar-refractivity contribution in [1.82, 2.24) is 14.9 Å². The molecule has 94 valence electrons. The van der Waals surface area contributed by atoms with Crippen LogP contribution in [-0.4, -0.2) is 33.2 Å². The minimum Gasteiger partial charge on any atom is -0.340 e. The number of imidazole rings is 1. The number of nitrogens with one attached hydrogen (secondary N) is 1. The Labute approximate surface area is 110 Å². The zero-order valence-corrected chi connectivity index (χ0v) is 10.7. The number of halogens is 1. The number of alkyl halides is 1. The highest BCUT2D eigenvalue weighted by Crippen LogP contribution is 2.21. The molecule has 0 saturated carbocycles. The fraction of sp³-hybridized carbons (Fsp3) is 0.385. The van der Waals surface area contributed by atoms with Crippen LogP contribution < -0.4 is 0 Å². The molecule has 0 radical (unpaired) electrons. The molecule has 1 aromatic heterocycles. The van der Waals surface area contributed by atoms with Crippen molar-refractivity contribution in [2.75, 3.05) is 12.4 Å². The predicted octanol–water partition coefficient (Wildman–Crippen LogP) is 2.15. The van der Waals surface area contributed by atoms with Crippen LogP contribution in [0.1, 0.15) is 12.2 Å². The summed E-state index contributed by atoms with van der Waals surface area (Å²) in [4.78, 5) is 21.3. The average Bonchev–Trinajstić information content (AvgIpc) is 2.93. The molecule has 1 atom stereocenters. The third-order valence-electron chi connectivity index (χ3n) is 3.29. The molecule has 1 saturated heterocycles. The van der Waals surface area contributed by atoms with Crippen molar-refractivity contribution in [2.45, 2.75) is 13.0 Å². The van der Waals surface area contributed by atoms with Gasteiger partial charge in [-0.25, -0.2) is 4.98 Å². The lowest BCUT2D eigenvalue weighted by Gasteiger charge is -2.14. The number of benzene rings is 1. The standard InChI is InChI=1S/C13H14ClN3O/c14-6-9-5-13(18)17(7-9)8-12-15-10-3-1-2-4-11(10)16-12/h1-4,9H,5-8H2,(H,15,16). The Balaban J connectivity index is 1.78. The first-order chi connectivity index (χ1) is 8.76. The van der Waals surface area contributed by atoms with Gasteiger partial charge in [-0.15, -0.1) is 11.6 Å². The van der Waals surface area contributed by atoms with E-state index >= 15 is 0 Å². The lowest BCUT2D eigenvalue weighted by molar-refractivity contribution is -0.128. The number of carbonyl (C=O) groups excluding carboxylic acids is 1. The Hall–Kier alpha value is -1.55. The Bertz CT molecular complexity index is 547. The van der Waals surface area contributed by atoms with Crippen LogP contribution in [0.15, 0.2) is 24.3 Å². The third-order valence-corrected chi connectivity index (χ3v) is 3.73. The van der Waals surface area contributed by atoms with Crippen molar-refractivity contribution >= 4 is 28.5 Å². The number of nitrogens with zero attached hydrogens (tertiary/aromatic N) is 2. The van der Waals surface area contributed by atoms with E-state index in [1.807, 2.05) is 29.2 Å². The summed E-state index contributed by atoms with van der Waals surface area (Å²) in [6.45, 7) is 1.28. The first kappa shape index (κ1) is 11.5. The maximum absolute atomic E-state index is 11.8. The molecule has 18 heavy (non-hydrogen) atoms. The summed E-state index contributed by atoms with van der Waals surface area (Å²) >= 11 is 5.80. The highest BCUT2D eigenvalue weighted by Gasteiger charge is 2.29. The molecule has 1 amide bonds. The highest BCUT2D eigenvalue weighted by atomic mass is 35.5. The molecule has 5 heteroatoms. The molecule has 1 fully saturated rings. The van der Waals surface area contributed by atoms with Gasteiger partial charge in [-0.2, -0.15) is 0 Å². The first-order valence-electron chi connectivity index (χ1n) is 6.03. The lowest BCUT2D eigenvalue weighted by atomic mass is 10.1. The van der Waals surface area contributed by atoms with Crippen molar-refractivity contribution in [2.24, 2.45) is 5.92 Å². The summed E-state index contributed by atoms with van der Waals surface area (Å²) < 4.78 is 0. The van der Waals surface area contributed by atoms with Crippen molar-refractivity contribution in [3.05, 3.63) is 30.1 Å². The summed E-state index contributed by atoms with van der Waals surface area (Å²) in [5.41, 5.74) is 1.95. The first-order valence-corrected chi connectivity index (χ1v) is 6.57. The SMILES string of the molecule is O=C1CC(CCl)CN1Cc1nc2ccccc2[nH]1. The molecule has 1 aromatic carbocycles. The molecule has 2 heterocycles. The summed E-state index contributed by atoms with van der Waals surface area (Å²) in [5, 5.41) is 0. The van der Waals surface area contributed by atoms with Gasteiger partial charge in [0.2, 0.25) is 5.91 Å². The van der Waals surface area contributed by atoms with Crippen molar-refractivity contribution in [3.63, 3.8) is 0 Å². The van der Waals surface area contributed by atoms with E-state index in [1.165, 1.54) is 0 Å². The van der Waals surface area contributed by atoms with Gasteiger partial charge in [0.1, 0.15) is 5.82 Å². The molecule has 3 rings (SSSR count). The van der Waals surface area contributed by atoms with Gasteiger partial charge in [0.05, 0.1) is 17.6 Å². The van der Waals surface area contributed by atoms with Gasteiger partial charge < -0.3 is 9.88 Å². The number of H-pyrrole nitrogens is 1. The van der Waals surface area contributed by atoms with Crippen LogP contribution >= 0.6 is 11.6 Å². The minimum atomic E-state index is 0.168. The Morgan fingerprint density at radius 1 is 1.44 bits per heavy atom. The molecule has 0 aliphatic carbocycles. The fourth-order valence-electron chi connectivity index (χ4n) is 2.37. The van der Waals surface area contributed by atoms with Crippen molar-refractivity contribution in [3.8, 4) is 0 Å². The number of likely N-dealkylation sites (tertiary alicyclic amines) is 1. The highest BCUT2D eigenvalue weighted by molar-refractivity contribution is 6.18. The third kappa shape index (κ3) is 2.08. The zero-order chi connectivity index (χ0) is 12.5. The van der Waals surface area contributed by atoms with Gasteiger partial charge >= 0.3 is 0 Å². The van der Waals surface area contributed by atoms with Gasteiger partial charge in [0.25, 0.3) is 0 Å². The molecular weight excluding hydrogens is 250 g/mol. The van der Waals surface area contributed by atoms with Crippen LogP contribution in [0.2, 0.25) is 0 Å². The summed E-state index contributed by atoms with van der Waals surface area (Å²) in [6.07, 6.45) is 0.559. The Morgan fingerprint density at radius 3 is 3.00 bits per heavy atom. The summed E-state index contributed by atoms with van der Waals surface area (Å²) in [5.74, 6) is 1.83. The smallest absolute Gasteiger partial charge is 0.223 e. The second-order valence-corrected chi connectivity index (χ2v) is 5.01. The molecule has 1 aliphatic rings. The van der Waals surface area contributed by atoms with Crippen LogP contribution in [0.3, 0.4) is 0 Å². The molecule has 1 aliphatic heterocycles. The van der Waals surface area contributed by atoms with E-state index in [2.05, 4.69) is 9.97 Å². The Morgan fingerprint density at radius 2 is 2.28 bits per heavy atom. The molecule has 1 unspecified atom stereocenters. The number of hydrogen-bond acceptors (Lipinski definition) is 2. The number of fused-ring (bicyclic) bond motifs is 1. The molecule has 4 nitrogen and oxygen atoms in total. The molecule has 0 bridgehead atoms. The number of aromatic amines is 1. The quantitative estimate of drug-likeness (QED) is 0.863. The van der Waals surface area contributed by atoms with Crippen LogP contribution in [-0.2, 0) is 11.3 Å². The number of aromatic nitrogens is 2. The van der Waals surface area contributed by atoms with Gasteiger partial charge in [-0.3, -0.25) is 4.79 Å². The van der Waals surface area contributed by atoms with E-state index in [0.717, 1.165) is 23.4 Å². The molecule has 1 N–H and O–H groups in total. The molecule has 0 spiro atoms. The molecule has 2 aromatic rings. The number of amides is 1. The average molecular weight is 264 g/mol. The van der Waals surface area contributed by atoms with Gasteiger partial charge in [0.15, 0.2) is 0 Å². The number of carbonyl (C=O) groups is 1. The summed E-state index contributed by atoms with van der Waals surface area (Å²) in [6, 6.07) is 7.87. The maximum atomic E-state index is 11.8. The van der Waals surface area contributed by atoms with E-state index in [0.29, 0.717) is 18.8 Å². The second-order valence-electron chi connectivity index (χ2n) is 4.70. The van der Waals surface area contributed by atoms with Crippen molar-refractivity contribution < 1.29 is 4.79 Å². The van der Waals surface area contributed by atoms with E-state index < -0.39 is 0 Å². The number of rotatable bonds is 3. The number of hydrogen-bond donors (Lipinski definition) is 1. The van der Waals surface area contributed by atoms with Gasteiger partial charge in [0, 0.05) is 18.8 Å². The van der Waals surface area contributed by atoms with E-state index in [9.17, 15) is 4.79 Å². The predicted molar refractivity (Wildman–Crippen MR) is 70.3 cm³/mol. The van der Waals surface area contributed by atoms with Crippen LogP contribution in [0, 0.1) is 5.92 Å².